The summed E-state index contributed by atoms with van der Waals surface area (Å²) in [6.07, 6.45) is 0. The largest absolute Gasteiger partial charge is 0.457 e. The molecule has 0 aliphatic heterocycles. The zero-order chi connectivity index (χ0) is 12.6. The Bertz CT molecular complexity index is 542. The van der Waals surface area contributed by atoms with E-state index in [9.17, 15) is 4.39 Å². The van der Waals surface area contributed by atoms with E-state index in [1.165, 1.54) is 6.07 Å². The van der Waals surface area contributed by atoms with E-state index >= 15 is 0 Å². The van der Waals surface area contributed by atoms with Gasteiger partial charge in [-0.15, -0.1) is 0 Å². The zero-order valence-corrected chi connectivity index (χ0v) is 10.9. The van der Waals surface area contributed by atoms with Gasteiger partial charge >= 0.3 is 0 Å². The third kappa shape index (κ3) is 2.79. The molecule has 0 aliphatic rings. The number of halogens is 2. The van der Waals surface area contributed by atoms with Gasteiger partial charge in [0.25, 0.3) is 0 Å². The first-order valence-corrected chi connectivity index (χ1v) is 5.86. The van der Waals surface area contributed by atoms with Crippen molar-refractivity contribution >= 4 is 22.6 Å². The molecule has 2 nitrogen and oxygen atoms in total. The van der Waals surface area contributed by atoms with Gasteiger partial charge in [0, 0.05) is 10.9 Å². The number of furan rings is 1. The van der Waals surface area contributed by atoms with Crippen LogP contribution in [-0.2, 0) is 6.54 Å². The van der Waals surface area contributed by atoms with Crippen molar-refractivity contribution in [2.24, 2.45) is 0 Å². The predicted molar refractivity (Wildman–Crippen MR) is 67.8 cm³/mol. The molecule has 0 amide bonds. The van der Waals surface area contributed by atoms with E-state index in [4.69, 9.17) is 16.0 Å². The minimum Gasteiger partial charge on any atom is -0.457 e. The lowest BCUT2D eigenvalue weighted by Gasteiger charge is -2.19. The van der Waals surface area contributed by atoms with Crippen molar-refractivity contribution in [3.05, 3.63) is 34.8 Å². The first-order chi connectivity index (χ1) is 7.87. The van der Waals surface area contributed by atoms with Crippen LogP contribution >= 0.6 is 11.6 Å². The van der Waals surface area contributed by atoms with E-state index in [0.717, 1.165) is 5.39 Å². The highest BCUT2D eigenvalue weighted by molar-refractivity contribution is 6.31. The number of rotatable bonds is 2. The maximum Gasteiger partial charge on any atom is 0.184 e. The topological polar surface area (TPSA) is 25.2 Å². The van der Waals surface area contributed by atoms with Crippen LogP contribution in [0.5, 0.6) is 0 Å². The van der Waals surface area contributed by atoms with Gasteiger partial charge in [0.15, 0.2) is 11.4 Å². The Morgan fingerprint density at radius 1 is 1.35 bits per heavy atom. The van der Waals surface area contributed by atoms with Gasteiger partial charge < -0.3 is 9.73 Å². The third-order valence-electron chi connectivity index (χ3n) is 2.42. The molecule has 1 N–H and O–H groups in total. The molecule has 0 spiro atoms. The molecule has 0 aliphatic carbocycles. The normalized spacial score (nSPS) is 12.3. The van der Waals surface area contributed by atoms with Crippen molar-refractivity contribution in [2.45, 2.75) is 32.9 Å². The Morgan fingerprint density at radius 2 is 2.06 bits per heavy atom. The Hall–Kier alpha value is -1.06. The summed E-state index contributed by atoms with van der Waals surface area (Å²) in [5.74, 6) is 0.210. The molecule has 0 radical (unpaired) electrons. The molecule has 2 aromatic rings. The summed E-state index contributed by atoms with van der Waals surface area (Å²) in [6, 6.07) is 5.12. The monoisotopic (exact) mass is 255 g/mol. The Balaban J connectivity index is 2.29. The molecule has 2 rings (SSSR count). The summed E-state index contributed by atoms with van der Waals surface area (Å²) >= 11 is 5.70. The molecule has 0 atom stereocenters. The average Bonchev–Trinajstić information content (AvgIpc) is 2.64. The smallest absolute Gasteiger partial charge is 0.184 e. The van der Waals surface area contributed by atoms with Gasteiger partial charge in [0.1, 0.15) is 5.76 Å². The quantitative estimate of drug-likeness (QED) is 0.874. The minimum atomic E-state index is -0.494. The molecule has 1 aromatic heterocycles. The van der Waals surface area contributed by atoms with Gasteiger partial charge in [-0.05, 0) is 39.0 Å². The van der Waals surface area contributed by atoms with Crippen molar-refractivity contribution in [2.75, 3.05) is 0 Å². The molecule has 0 bridgehead atoms. The molecule has 1 aromatic carbocycles. The fraction of sp³-hybridized carbons (Fsp3) is 0.385. The summed E-state index contributed by atoms with van der Waals surface area (Å²) in [5, 5.41) is 4.10. The van der Waals surface area contributed by atoms with Gasteiger partial charge in [0.05, 0.1) is 11.6 Å². The van der Waals surface area contributed by atoms with Crippen molar-refractivity contribution in [3.63, 3.8) is 0 Å². The average molecular weight is 256 g/mol. The summed E-state index contributed by atoms with van der Waals surface area (Å²) < 4.78 is 19.1. The highest BCUT2D eigenvalue weighted by atomic mass is 35.5. The first-order valence-electron chi connectivity index (χ1n) is 5.48. The Labute approximate surface area is 105 Å². The maximum atomic E-state index is 13.6. The van der Waals surface area contributed by atoms with E-state index in [2.05, 4.69) is 26.1 Å². The highest BCUT2D eigenvalue weighted by Gasteiger charge is 2.14. The number of hydrogen-bond donors (Lipinski definition) is 1. The lowest BCUT2D eigenvalue weighted by Crippen LogP contribution is -2.34. The molecule has 17 heavy (non-hydrogen) atoms. The summed E-state index contributed by atoms with van der Waals surface area (Å²) in [6.45, 7) is 6.75. The summed E-state index contributed by atoms with van der Waals surface area (Å²) in [7, 11) is 0. The summed E-state index contributed by atoms with van der Waals surface area (Å²) in [4.78, 5) is 0. The standard InChI is InChI=1S/C13H15ClFNO/c1-13(2,3)16-7-9-6-8-4-5-10(14)11(15)12(8)17-9/h4-6,16H,7H2,1-3H3. The van der Waals surface area contributed by atoms with Gasteiger partial charge in [-0.1, -0.05) is 11.6 Å². The maximum absolute atomic E-state index is 13.6. The second-order valence-electron chi connectivity index (χ2n) is 5.10. The lowest BCUT2D eigenvalue weighted by atomic mass is 10.1. The van der Waals surface area contributed by atoms with Crippen molar-refractivity contribution < 1.29 is 8.81 Å². The number of hydrogen-bond acceptors (Lipinski definition) is 2. The van der Waals surface area contributed by atoms with Crippen LogP contribution in [0.4, 0.5) is 4.39 Å². The van der Waals surface area contributed by atoms with E-state index in [0.29, 0.717) is 12.3 Å². The van der Waals surface area contributed by atoms with Gasteiger partial charge in [0.2, 0.25) is 0 Å². The lowest BCUT2D eigenvalue weighted by molar-refractivity contribution is 0.393. The molecule has 0 unspecified atom stereocenters. The van der Waals surface area contributed by atoms with Gasteiger partial charge in [-0.3, -0.25) is 0 Å². The van der Waals surface area contributed by atoms with E-state index in [1.807, 2.05) is 6.07 Å². The molecule has 0 fully saturated rings. The van der Waals surface area contributed by atoms with Crippen LogP contribution in [0.25, 0.3) is 11.0 Å². The zero-order valence-electron chi connectivity index (χ0n) is 10.1. The highest BCUT2D eigenvalue weighted by Crippen LogP contribution is 2.27. The second kappa shape index (κ2) is 4.31. The van der Waals surface area contributed by atoms with Crippen LogP contribution in [-0.4, -0.2) is 5.54 Å². The SMILES string of the molecule is CC(C)(C)NCc1cc2ccc(Cl)c(F)c2o1. The molecular formula is C13H15ClFNO. The van der Waals surface area contributed by atoms with Crippen molar-refractivity contribution in [1.82, 2.24) is 5.32 Å². The number of benzene rings is 1. The molecule has 0 saturated carbocycles. The third-order valence-corrected chi connectivity index (χ3v) is 2.71. The van der Waals surface area contributed by atoms with Crippen LogP contribution in [0.3, 0.4) is 0 Å². The molecule has 92 valence electrons. The van der Waals surface area contributed by atoms with E-state index < -0.39 is 5.82 Å². The molecule has 4 heteroatoms. The van der Waals surface area contributed by atoms with Crippen LogP contribution in [0, 0.1) is 5.82 Å². The minimum absolute atomic E-state index is 0.00480. The predicted octanol–water partition coefficient (Wildman–Crippen LogP) is 4.11. The van der Waals surface area contributed by atoms with Crippen molar-refractivity contribution in [1.29, 1.82) is 0 Å². The number of nitrogens with one attached hydrogen (secondary N) is 1. The van der Waals surface area contributed by atoms with Crippen LogP contribution in [0.15, 0.2) is 22.6 Å². The molecule has 0 saturated heterocycles. The summed E-state index contributed by atoms with van der Waals surface area (Å²) in [5.41, 5.74) is 0.220. The Morgan fingerprint density at radius 3 is 2.71 bits per heavy atom. The fourth-order valence-electron chi connectivity index (χ4n) is 1.54. The van der Waals surface area contributed by atoms with E-state index in [1.54, 1.807) is 6.07 Å². The number of fused-ring (bicyclic) bond motifs is 1. The molecular weight excluding hydrogens is 241 g/mol. The second-order valence-corrected chi connectivity index (χ2v) is 5.50. The van der Waals surface area contributed by atoms with E-state index in [-0.39, 0.29) is 16.1 Å². The van der Waals surface area contributed by atoms with Crippen molar-refractivity contribution in [3.8, 4) is 0 Å². The van der Waals surface area contributed by atoms with Crippen LogP contribution in [0.1, 0.15) is 26.5 Å². The van der Waals surface area contributed by atoms with Crippen LogP contribution in [0.2, 0.25) is 5.02 Å². The van der Waals surface area contributed by atoms with Gasteiger partial charge in [-0.25, -0.2) is 4.39 Å². The Kier molecular flexibility index (Phi) is 3.15. The van der Waals surface area contributed by atoms with Crippen LogP contribution < -0.4 is 5.32 Å². The van der Waals surface area contributed by atoms with Gasteiger partial charge in [-0.2, -0.15) is 0 Å². The molecule has 1 heterocycles. The fourth-order valence-corrected chi connectivity index (χ4v) is 1.69. The first kappa shape index (κ1) is 12.4.